The van der Waals surface area contributed by atoms with Crippen molar-refractivity contribution in [3.8, 4) is 11.1 Å². The predicted octanol–water partition coefficient (Wildman–Crippen LogP) is 3.43. The number of fused-ring (bicyclic) bond motifs is 1. The van der Waals surface area contributed by atoms with Crippen molar-refractivity contribution in [3.63, 3.8) is 0 Å². The number of alkyl halides is 1. The first-order chi connectivity index (χ1) is 14.3. The Morgan fingerprint density at radius 1 is 1.20 bits per heavy atom. The number of benzene rings is 1. The van der Waals surface area contributed by atoms with Crippen molar-refractivity contribution >= 4 is 22.6 Å². The summed E-state index contributed by atoms with van der Waals surface area (Å²) in [6.45, 7) is 5.02. The van der Waals surface area contributed by atoms with Crippen LogP contribution in [0.25, 0.3) is 22.0 Å². The van der Waals surface area contributed by atoms with E-state index in [1.54, 1.807) is 18.5 Å². The molecule has 30 heavy (non-hydrogen) atoms. The molecule has 1 aromatic carbocycles. The molecule has 0 radical (unpaired) electrons. The largest absolute Gasteiger partial charge is 0.309 e. The maximum Gasteiger partial charge on any atom is 0.228 e. The third-order valence-corrected chi connectivity index (χ3v) is 5.43. The fraction of sp³-hybridized carbons (Fsp3) is 0.455. The van der Waals surface area contributed by atoms with Crippen LogP contribution < -0.4 is 5.32 Å². The number of carbonyl (C=O) groups is 1. The fourth-order valence-corrected chi connectivity index (χ4v) is 3.97. The van der Waals surface area contributed by atoms with Crippen molar-refractivity contribution in [3.05, 3.63) is 36.7 Å². The number of likely N-dealkylation sites (tertiary alicyclic amines) is 1. The quantitative estimate of drug-likeness (QED) is 0.697. The molecule has 1 saturated heterocycles. The van der Waals surface area contributed by atoms with Gasteiger partial charge in [-0.05, 0) is 63.5 Å². The summed E-state index contributed by atoms with van der Waals surface area (Å²) in [6, 6.07) is 7.77. The monoisotopic (exact) mass is 410 g/mol. The van der Waals surface area contributed by atoms with Crippen molar-refractivity contribution in [2.24, 2.45) is 13.0 Å². The molecule has 3 heterocycles. The number of piperidine rings is 1. The molecule has 0 saturated carbocycles. The van der Waals surface area contributed by atoms with Crippen LogP contribution in [-0.2, 0) is 11.8 Å². The van der Waals surface area contributed by atoms with Gasteiger partial charge in [-0.15, -0.1) is 10.2 Å². The van der Waals surface area contributed by atoms with Crippen molar-refractivity contribution in [1.82, 2.24) is 24.9 Å². The molecule has 158 valence electrons. The molecule has 3 aromatic rings. The highest BCUT2D eigenvalue weighted by Crippen LogP contribution is 2.25. The topological polar surface area (TPSA) is 75.9 Å². The Bertz CT molecular complexity index is 1050. The molecule has 0 unspecified atom stereocenters. The molecule has 1 N–H and O–H groups in total. The van der Waals surface area contributed by atoms with E-state index in [2.05, 4.69) is 25.5 Å². The zero-order valence-electron chi connectivity index (χ0n) is 17.6. The minimum Gasteiger partial charge on any atom is -0.309 e. The van der Waals surface area contributed by atoms with Gasteiger partial charge in [0.05, 0.1) is 11.7 Å². The predicted molar refractivity (Wildman–Crippen MR) is 115 cm³/mol. The molecule has 2 aromatic heterocycles. The third-order valence-electron chi connectivity index (χ3n) is 5.43. The lowest BCUT2D eigenvalue weighted by molar-refractivity contribution is -0.121. The second-order valence-corrected chi connectivity index (χ2v) is 8.66. The molecule has 1 aliphatic heterocycles. The fourth-order valence-electron chi connectivity index (χ4n) is 3.97. The average molecular weight is 410 g/mol. The summed E-state index contributed by atoms with van der Waals surface area (Å²) in [6.07, 6.45) is 5.20. The molecule has 0 spiro atoms. The molecular weight excluding hydrogens is 383 g/mol. The Labute approximate surface area is 175 Å². The van der Waals surface area contributed by atoms with Crippen LogP contribution in [-0.4, -0.2) is 56.1 Å². The summed E-state index contributed by atoms with van der Waals surface area (Å²) in [7, 11) is 1.88. The van der Waals surface area contributed by atoms with Crippen molar-refractivity contribution in [2.75, 3.05) is 25.0 Å². The van der Waals surface area contributed by atoms with Crippen LogP contribution >= 0.6 is 0 Å². The molecule has 7 nitrogen and oxygen atoms in total. The van der Waals surface area contributed by atoms with E-state index in [-0.39, 0.29) is 11.8 Å². The van der Waals surface area contributed by atoms with E-state index in [0.717, 1.165) is 35.1 Å². The highest BCUT2D eigenvalue weighted by molar-refractivity contribution is 5.94. The molecule has 1 aliphatic rings. The zero-order chi connectivity index (χ0) is 21.3. The average Bonchev–Trinajstić information content (AvgIpc) is 3.13. The van der Waals surface area contributed by atoms with Crippen molar-refractivity contribution in [1.29, 1.82) is 0 Å². The van der Waals surface area contributed by atoms with Gasteiger partial charge in [-0.1, -0.05) is 6.07 Å². The smallest absolute Gasteiger partial charge is 0.228 e. The van der Waals surface area contributed by atoms with Crippen LogP contribution in [0.2, 0.25) is 0 Å². The second-order valence-electron chi connectivity index (χ2n) is 8.66. The number of aryl methyl sites for hydroxylation is 1. The van der Waals surface area contributed by atoms with Gasteiger partial charge in [0.1, 0.15) is 5.67 Å². The van der Waals surface area contributed by atoms with Crippen LogP contribution in [0.4, 0.5) is 10.2 Å². The van der Waals surface area contributed by atoms with E-state index in [4.69, 9.17) is 0 Å². The standard InChI is InChI=1S/C22H27FN6O/c1-22(2,23)14-29-8-6-15(7-9-29)21(30)25-20-11-17-10-16(4-5-19(17)26-27-20)18-12-24-28(3)13-18/h4-5,10-13,15H,6-9,14H2,1-3H3,(H,25,27,30). The molecule has 1 fully saturated rings. The van der Waals surface area contributed by atoms with Crippen LogP contribution in [0, 0.1) is 5.92 Å². The number of hydrogen-bond acceptors (Lipinski definition) is 5. The number of nitrogens with one attached hydrogen (secondary N) is 1. The summed E-state index contributed by atoms with van der Waals surface area (Å²) < 4.78 is 15.6. The van der Waals surface area contributed by atoms with E-state index in [0.29, 0.717) is 25.2 Å². The number of carbonyl (C=O) groups excluding carboxylic acids is 1. The number of anilines is 1. The molecule has 1 amide bonds. The number of aromatic nitrogens is 4. The third kappa shape index (κ3) is 4.81. The Hall–Kier alpha value is -2.87. The summed E-state index contributed by atoms with van der Waals surface area (Å²) in [5.74, 6) is 0.303. The summed E-state index contributed by atoms with van der Waals surface area (Å²) in [4.78, 5) is 14.8. The van der Waals surface area contributed by atoms with Crippen LogP contribution in [0.15, 0.2) is 36.7 Å². The van der Waals surface area contributed by atoms with Gasteiger partial charge in [0.15, 0.2) is 5.82 Å². The highest BCUT2D eigenvalue weighted by Gasteiger charge is 2.28. The number of halogens is 1. The minimum atomic E-state index is -1.22. The lowest BCUT2D eigenvalue weighted by atomic mass is 9.95. The zero-order valence-corrected chi connectivity index (χ0v) is 17.6. The van der Waals surface area contributed by atoms with E-state index < -0.39 is 5.67 Å². The van der Waals surface area contributed by atoms with Crippen LogP contribution in [0.3, 0.4) is 0 Å². The van der Waals surface area contributed by atoms with E-state index in [9.17, 15) is 9.18 Å². The first-order valence-electron chi connectivity index (χ1n) is 10.3. The lowest BCUT2D eigenvalue weighted by Crippen LogP contribution is -2.43. The molecule has 4 rings (SSSR count). The van der Waals surface area contributed by atoms with Crippen molar-refractivity contribution in [2.45, 2.75) is 32.4 Å². The number of rotatable bonds is 5. The van der Waals surface area contributed by atoms with Gasteiger partial charge >= 0.3 is 0 Å². The normalized spacial score (nSPS) is 16.1. The van der Waals surface area contributed by atoms with E-state index in [1.807, 2.05) is 43.7 Å². The number of hydrogen-bond donors (Lipinski definition) is 1. The Morgan fingerprint density at radius 3 is 2.63 bits per heavy atom. The Morgan fingerprint density at radius 2 is 1.97 bits per heavy atom. The van der Waals surface area contributed by atoms with Crippen LogP contribution in [0.1, 0.15) is 26.7 Å². The molecule has 0 atom stereocenters. The van der Waals surface area contributed by atoms with Gasteiger partial charge < -0.3 is 10.2 Å². The van der Waals surface area contributed by atoms with Gasteiger partial charge in [-0.25, -0.2) is 4.39 Å². The first kappa shape index (κ1) is 20.4. The Balaban J connectivity index is 1.43. The second kappa shape index (κ2) is 8.10. The van der Waals surface area contributed by atoms with Crippen LogP contribution in [0.5, 0.6) is 0 Å². The maximum atomic E-state index is 13.8. The van der Waals surface area contributed by atoms with Gasteiger partial charge in [0.2, 0.25) is 5.91 Å². The highest BCUT2D eigenvalue weighted by atomic mass is 19.1. The van der Waals surface area contributed by atoms with Gasteiger partial charge in [-0.3, -0.25) is 9.48 Å². The SMILES string of the molecule is Cn1cc(-c2ccc3nnc(NC(=O)C4CCN(CC(C)(C)F)CC4)cc3c2)cn1. The number of nitrogens with zero attached hydrogens (tertiary/aromatic N) is 5. The van der Waals surface area contributed by atoms with Gasteiger partial charge in [0, 0.05) is 36.7 Å². The lowest BCUT2D eigenvalue weighted by Gasteiger charge is -2.33. The summed E-state index contributed by atoms with van der Waals surface area (Å²) in [5, 5.41) is 16.4. The van der Waals surface area contributed by atoms with Crippen molar-refractivity contribution < 1.29 is 9.18 Å². The molecule has 8 heteroatoms. The minimum absolute atomic E-state index is 0.0498. The molecule has 0 aliphatic carbocycles. The molecule has 0 bridgehead atoms. The first-order valence-corrected chi connectivity index (χ1v) is 10.3. The van der Waals surface area contributed by atoms with E-state index >= 15 is 0 Å². The molecular formula is C22H27FN6O. The maximum absolute atomic E-state index is 13.8. The number of amides is 1. The summed E-state index contributed by atoms with van der Waals surface area (Å²) in [5.41, 5.74) is 1.60. The van der Waals surface area contributed by atoms with Gasteiger partial charge in [-0.2, -0.15) is 5.10 Å². The van der Waals surface area contributed by atoms with E-state index in [1.165, 1.54) is 0 Å². The Kier molecular flexibility index (Phi) is 5.51. The summed E-state index contributed by atoms with van der Waals surface area (Å²) >= 11 is 0. The van der Waals surface area contributed by atoms with Gasteiger partial charge in [0.25, 0.3) is 0 Å².